The van der Waals surface area contributed by atoms with Gasteiger partial charge >= 0.3 is 5.97 Å². The quantitative estimate of drug-likeness (QED) is 0.661. The Morgan fingerprint density at radius 2 is 2.06 bits per heavy atom. The maximum absolute atomic E-state index is 11.4. The molecule has 0 aliphatic rings. The first-order valence-electron chi connectivity index (χ1n) is 6.50. The second-order valence-electron chi connectivity index (χ2n) is 4.90. The van der Waals surface area contributed by atoms with E-state index in [9.17, 15) is 4.79 Å². The topological polar surface area (TPSA) is 55.6 Å². The lowest BCUT2D eigenvalue weighted by molar-refractivity contribution is -0.146. The van der Waals surface area contributed by atoms with Crippen LogP contribution in [0.3, 0.4) is 0 Å². The highest BCUT2D eigenvalue weighted by Gasteiger charge is 2.28. The highest BCUT2D eigenvalue weighted by atomic mass is 16.5. The number of nitrogens with two attached hydrogens (primary N) is 1. The molecule has 0 aromatic heterocycles. The van der Waals surface area contributed by atoms with Crippen molar-refractivity contribution >= 4 is 5.97 Å². The first-order chi connectivity index (χ1) is 7.88. The Morgan fingerprint density at radius 1 is 1.47 bits per heavy atom. The average molecular weight is 244 g/mol. The van der Waals surface area contributed by atoms with Gasteiger partial charge in [-0.2, -0.15) is 0 Å². The molecular formula is C13H28N2O2. The Hall–Kier alpha value is -0.610. The van der Waals surface area contributed by atoms with Crippen LogP contribution in [0.25, 0.3) is 0 Å². The molecule has 0 radical (unpaired) electrons. The monoisotopic (exact) mass is 244 g/mol. The van der Waals surface area contributed by atoms with Crippen molar-refractivity contribution in [3.05, 3.63) is 0 Å². The molecule has 2 atom stereocenters. The van der Waals surface area contributed by atoms with Crippen molar-refractivity contribution in [2.45, 2.75) is 58.5 Å². The number of nitrogens with zero attached hydrogens (tertiary/aromatic N) is 1. The van der Waals surface area contributed by atoms with Crippen LogP contribution < -0.4 is 5.73 Å². The van der Waals surface area contributed by atoms with E-state index >= 15 is 0 Å². The van der Waals surface area contributed by atoms with Crippen LogP contribution in [0.4, 0.5) is 0 Å². The summed E-state index contributed by atoms with van der Waals surface area (Å²) in [5.41, 5.74) is 5.06. The van der Waals surface area contributed by atoms with Crippen molar-refractivity contribution < 1.29 is 9.53 Å². The van der Waals surface area contributed by atoms with E-state index in [4.69, 9.17) is 5.73 Å². The average Bonchev–Trinajstić information content (AvgIpc) is 2.32. The van der Waals surface area contributed by atoms with Gasteiger partial charge in [0.15, 0.2) is 0 Å². The second kappa shape index (κ2) is 7.67. The van der Waals surface area contributed by atoms with Gasteiger partial charge in [-0.15, -0.1) is 0 Å². The maximum Gasteiger partial charge on any atom is 0.325 e. The second-order valence-corrected chi connectivity index (χ2v) is 4.90. The van der Waals surface area contributed by atoms with E-state index in [1.165, 1.54) is 7.11 Å². The smallest absolute Gasteiger partial charge is 0.325 e. The summed E-state index contributed by atoms with van der Waals surface area (Å²) < 4.78 is 4.69. The number of esters is 1. The van der Waals surface area contributed by atoms with E-state index in [0.717, 1.165) is 25.9 Å². The zero-order valence-electron chi connectivity index (χ0n) is 12.0. The first kappa shape index (κ1) is 16.4. The molecule has 17 heavy (non-hydrogen) atoms. The summed E-state index contributed by atoms with van der Waals surface area (Å²) in [6, 6.07) is 0.585. The summed E-state index contributed by atoms with van der Waals surface area (Å²) in [5.74, 6) is -0.330. The number of hydrogen-bond donors (Lipinski definition) is 1. The van der Waals surface area contributed by atoms with Gasteiger partial charge in [0.05, 0.1) is 7.11 Å². The minimum atomic E-state index is -0.858. The molecule has 102 valence electrons. The largest absolute Gasteiger partial charge is 0.468 e. The van der Waals surface area contributed by atoms with Crippen LogP contribution in [0, 0.1) is 0 Å². The molecule has 0 amide bonds. The molecule has 4 heteroatoms. The van der Waals surface area contributed by atoms with Crippen molar-refractivity contribution in [3.8, 4) is 0 Å². The van der Waals surface area contributed by atoms with Crippen molar-refractivity contribution in [2.24, 2.45) is 5.73 Å². The summed E-state index contributed by atoms with van der Waals surface area (Å²) >= 11 is 0. The van der Waals surface area contributed by atoms with Gasteiger partial charge < -0.3 is 15.4 Å². The van der Waals surface area contributed by atoms with Gasteiger partial charge in [0.1, 0.15) is 5.54 Å². The summed E-state index contributed by atoms with van der Waals surface area (Å²) in [5, 5.41) is 0. The van der Waals surface area contributed by atoms with Gasteiger partial charge in [0, 0.05) is 6.04 Å². The van der Waals surface area contributed by atoms with Gasteiger partial charge in [0.25, 0.3) is 0 Å². The van der Waals surface area contributed by atoms with Crippen LogP contribution in [0.15, 0.2) is 0 Å². The first-order valence-corrected chi connectivity index (χ1v) is 6.50. The van der Waals surface area contributed by atoms with E-state index in [0.29, 0.717) is 12.5 Å². The zero-order valence-corrected chi connectivity index (χ0v) is 12.0. The molecular weight excluding hydrogens is 216 g/mol. The van der Waals surface area contributed by atoms with Crippen LogP contribution >= 0.6 is 0 Å². The Balaban J connectivity index is 4.08. The fourth-order valence-corrected chi connectivity index (χ4v) is 1.93. The van der Waals surface area contributed by atoms with Gasteiger partial charge in [0.2, 0.25) is 0 Å². The SMILES string of the molecule is CCC(C)N(CC)CCCC(C)(N)C(=O)OC. The molecule has 0 bridgehead atoms. The molecule has 0 saturated carbocycles. The van der Waals surface area contributed by atoms with Crippen molar-refractivity contribution in [1.82, 2.24) is 4.90 Å². The minimum absolute atomic E-state index is 0.330. The molecule has 0 rings (SSSR count). The van der Waals surface area contributed by atoms with Crippen LogP contribution in [0.5, 0.6) is 0 Å². The molecule has 2 N–H and O–H groups in total. The molecule has 0 saturated heterocycles. The number of methoxy groups -OCH3 is 1. The van der Waals surface area contributed by atoms with Gasteiger partial charge in [-0.05, 0) is 46.2 Å². The fraction of sp³-hybridized carbons (Fsp3) is 0.923. The Morgan fingerprint density at radius 3 is 2.47 bits per heavy atom. The fourth-order valence-electron chi connectivity index (χ4n) is 1.93. The predicted octanol–water partition coefficient (Wildman–Crippen LogP) is 1.78. The molecule has 0 aliphatic carbocycles. The Bertz CT molecular complexity index is 229. The van der Waals surface area contributed by atoms with Crippen LogP contribution in [-0.2, 0) is 9.53 Å². The summed E-state index contributed by atoms with van der Waals surface area (Å²) in [6.07, 6.45) is 2.72. The number of carbonyl (C=O) groups is 1. The van der Waals surface area contributed by atoms with E-state index in [-0.39, 0.29) is 5.97 Å². The lowest BCUT2D eigenvalue weighted by atomic mass is 9.97. The molecule has 2 unspecified atom stereocenters. The highest BCUT2D eigenvalue weighted by Crippen LogP contribution is 2.13. The lowest BCUT2D eigenvalue weighted by Crippen LogP contribution is -2.46. The van der Waals surface area contributed by atoms with Crippen LogP contribution in [-0.4, -0.2) is 42.6 Å². The Labute approximate surface area is 105 Å². The highest BCUT2D eigenvalue weighted by molar-refractivity contribution is 5.79. The summed E-state index contributed by atoms with van der Waals surface area (Å²) in [6.45, 7) is 10.3. The summed E-state index contributed by atoms with van der Waals surface area (Å²) in [7, 11) is 1.38. The van der Waals surface area contributed by atoms with Crippen molar-refractivity contribution in [3.63, 3.8) is 0 Å². The third-order valence-electron chi connectivity index (χ3n) is 3.41. The third kappa shape index (κ3) is 5.50. The van der Waals surface area contributed by atoms with Gasteiger partial charge in [-0.3, -0.25) is 4.79 Å². The van der Waals surface area contributed by atoms with E-state index in [1.807, 2.05) is 0 Å². The van der Waals surface area contributed by atoms with Crippen LogP contribution in [0.1, 0.15) is 47.0 Å². The van der Waals surface area contributed by atoms with E-state index < -0.39 is 5.54 Å². The summed E-state index contributed by atoms with van der Waals surface area (Å²) in [4.78, 5) is 13.8. The number of carbonyl (C=O) groups excluding carboxylic acids is 1. The van der Waals surface area contributed by atoms with Gasteiger partial charge in [-0.1, -0.05) is 13.8 Å². The molecule has 0 spiro atoms. The third-order valence-corrected chi connectivity index (χ3v) is 3.41. The number of ether oxygens (including phenoxy) is 1. The van der Waals surface area contributed by atoms with E-state index in [1.54, 1.807) is 6.92 Å². The normalized spacial score (nSPS) is 16.6. The van der Waals surface area contributed by atoms with Crippen LogP contribution in [0.2, 0.25) is 0 Å². The Kier molecular flexibility index (Phi) is 7.39. The molecule has 0 heterocycles. The number of rotatable bonds is 8. The lowest BCUT2D eigenvalue weighted by Gasteiger charge is -2.28. The maximum atomic E-state index is 11.4. The molecule has 0 aromatic rings. The predicted molar refractivity (Wildman–Crippen MR) is 70.8 cm³/mol. The van der Waals surface area contributed by atoms with Crippen molar-refractivity contribution in [2.75, 3.05) is 20.2 Å². The number of hydrogen-bond acceptors (Lipinski definition) is 4. The molecule has 0 fully saturated rings. The zero-order chi connectivity index (χ0) is 13.5. The van der Waals surface area contributed by atoms with E-state index in [2.05, 4.69) is 30.4 Å². The standard InChI is InChI=1S/C13H28N2O2/c1-6-11(3)15(7-2)10-8-9-13(4,14)12(16)17-5/h11H,6-10,14H2,1-5H3. The van der Waals surface area contributed by atoms with Crippen molar-refractivity contribution in [1.29, 1.82) is 0 Å². The minimum Gasteiger partial charge on any atom is -0.468 e. The molecule has 4 nitrogen and oxygen atoms in total. The van der Waals surface area contributed by atoms with Gasteiger partial charge in [-0.25, -0.2) is 0 Å². The molecule has 0 aromatic carbocycles. The molecule has 0 aliphatic heterocycles.